The zero-order chi connectivity index (χ0) is 16.7. The number of anilines is 1. The van der Waals surface area contributed by atoms with E-state index in [0.717, 1.165) is 12.1 Å². The molecule has 2 atom stereocenters. The number of carbonyl (C=O) groups is 2. The number of rotatable bonds is 2. The zero-order valence-corrected chi connectivity index (χ0v) is 14.3. The van der Waals surface area contributed by atoms with Gasteiger partial charge in [0.05, 0.1) is 17.5 Å². The smallest absolute Gasteiger partial charge is 0.238 e. The van der Waals surface area contributed by atoms with Crippen LogP contribution in [0.1, 0.15) is 63.4 Å². The molecule has 126 valence electrons. The topological polar surface area (TPSA) is 37.4 Å². The van der Waals surface area contributed by atoms with Gasteiger partial charge in [-0.05, 0) is 56.2 Å². The summed E-state index contributed by atoms with van der Waals surface area (Å²) in [6.07, 6.45) is 10.0. The van der Waals surface area contributed by atoms with Crippen molar-refractivity contribution in [2.75, 3.05) is 4.90 Å². The van der Waals surface area contributed by atoms with Crippen molar-refractivity contribution < 1.29 is 9.59 Å². The van der Waals surface area contributed by atoms with Crippen molar-refractivity contribution in [2.24, 2.45) is 11.8 Å². The molecule has 4 rings (SSSR count). The van der Waals surface area contributed by atoms with E-state index in [1.54, 1.807) is 0 Å². The summed E-state index contributed by atoms with van der Waals surface area (Å²) < 4.78 is 0. The van der Waals surface area contributed by atoms with Gasteiger partial charge in [-0.3, -0.25) is 14.5 Å². The minimum atomic E-state index is -0.153. The minimum Gasteiger partial charge on any atom is -0.274 e. The van der Waals surface area contributed by atoms with Gasteiger partial charge in [0.2, 0.25) is 11.8 Å². The third kappa shape index (κ3) is 2.60. The van der Waals surface area contributed by atoms with E-state index in [9.17, 15) is 9.59 Å². The average Bonchev–Trinajstić information content (AvgIpc) is 2.86. The van der Waals surface area contributed by atoms with E-state index >= 15 is 0 Å². The Morgan fingerprint density at radius 2 is 1.58 bits per heavy atom. The first kappa shape index (κ1) is 15.6. The Hall–Kier alpha value is -1.90. The number of hydrogen-bond acceptors (Lipinski definition) is 2. The van der Waals surface area contributed by atoms with E-state index in [1.165, 1.54) is 48.1 Å². The average molecular weight is 323 g/mol. The fourth-order valence-electron chi connectivity index (χ4n) is 4.62. The molecular weight excluding hydrogens is 298 g/mol. The van der Waals surface area contributed by atoms with E-state index in [0.29, 0.717) is 12.3 Å². The van der Waals surface area contributed by atoms with Crippen LogP contribution in [0.15, 0.2) is 35.9 Å². The number of amides is 2. The highest BCUT2D eigenvalue weighted by Crippen LogP contribution is 2.40. The quantitative estimate of drug-likeness (QED) is 0.590. The molecule has 2 aliphatic carbocycles. The van der Waals surface area contributed by atoms with Gasteiger partial charge < -0.3 is 0 Å². The van der Waals surface area contributed by atoms with Crippen molar-refractivity contribution in [1.29, 1.82) is 0 Å². The van der Waals surface area contributed by atoms with Crippen LogP contribution >= 0.6 is 0 Å². The van der Waals surface area contributed by atoms with Gasteiger partial charge in [0, 0.05) is 0 Å². The lowest BCUT2D eigenvalue weighted by Gasteiger charge is -2.23. The van der Waals surface area contributed by atoms with Crippen LogP contribution in [0.25, 0.3) is 0 Å². The number of allylic oxidation sites excluding steroid dienone is 2. The van der Waals surface area contributed by atoms with E-state index in [4.69, 9.17) is 0 Å². The Bertz CT molecular complexity index is 682. The number of carbonyl (C=O) groups excluding carboxylic acids is 2. The Balaban J connectivity index is 1.55. The van der Waals surface area contributed by atoms with Crippen molar-refractivity contribution in [3.05, 3.63) is 41.5 Å². The number of nitrogens with zero attached hydrogens (tertiary/aromatic N) is 1. The molecule has 1 saturated carbocycles. The van der Waals surface area contributed by atoms with Gasteiger partial charge in [-0.15, -0.1) is 0 Å². The first-order chi connectivity index (χ1) is 11.6. The molecule has 2 fully saturated rings. The van der Waals surface area contributed by atoms with Crippen molar-refractivity contribution in [2.45, 2.75) is 57.8 Å². The highest BCUT2D eigenvalue weighted by Gasteiger charge is 2.48. The molecule has 0 radical (unpaired) electrons. The molecule has 0 N–H and O–H groups in total. The maximum Gasteiger partial charge on any atom is 0.238 e. The number of hydrogen-bond donors (Lipinski definition) is 0. The molecule has 1 saturated heterocycles. The molecule has 24 heavy (non-hydrogen) atoms. The number of fused-ring (bicyclic) bond motifs is 1. The van der Waals surface area contributed by atoms with Crippen molar-refractivity contribution in [3.8, 4) is 0 Å². The third-order valence-electron chi connectivity index (χ3n) is 6.05. The highest BCUT2D eigenvalue weighted by atomic mass is 16.2. The van der Waals surface area contributed by atoms with Gasteiger partial charge >= 0.3 is 0 Å². The van der Waals surface area contributed by atoms with Crippen molar-refractivity contribution in [1.82, 2.24) is 0 Å². The molecule has 3 nitrogen and oxygen atoms in total. The molecule has 3 heteroatoms. The van der Waals surface area contributed by atoms with Gasteiger partial charge in [-0.2, -0.15) is 0 Å². The van der Waals surface area contributed by atoms with Crippen LogP contribution in [0.3, 0.4) is 0 Å². The molecule has 1 aliphatic heterocycles. The lowest BCUT2D eigenvalue weighted by Crippen LogP contribution is -2.30. The minimum absolute atomic E-state index is 0.0112. The van der Waals surface area contributed by atoms with E-state index in [1.807, 2.05) is 12.1 Å². The summed E-state index contributed by atoms with van der Waals surface area (Å²) in [7, 11) is 0. The van der Waals surface area contributed by atoms with Crippen LogP contribution < -0.4 is 4.90 Å². The second kappa shape index (κ2) is 6.19. The van der Waals surface area contributed by atoms with E-state index < -0.39 is 0 Å². The molecule has 3 aliphatic rings. The predicted molar refractivity (Wildman–Crippen MR) is 94.7 cm³/mol. The van der Waals surface area contributed by atoms with Gasteiger partial charge in [-0.25, -0.2) is 0 Å². The van der Waals surface area contributed by atoms with Crippen molar-refractivity contribution >= 4 is 17.5 Å². The molecule has 0 aromatic heterocycles. The summed E-state index contributed by atoms with van der Waals surface area (Å²) >= 11 is 0. The normalized spacial score (nSPS) is 28.0. The predicted octanol–water partition coefficient (Wildman–Crippen LogP) is 4.58. The van der Waals surface area contributed by atoms with E-state index in [2.05, 4.69) is 25.1 Å². The summed E-state index contributed by atoms with van der Waals surface area (Å²) in [5.74, 6) is 0.314. The molecular formula is C21H25NO2. The lowest BCUT2D eigenvalue weighted by molar-refractivity contribution is -0.122. The third-order valence-corrected chi connectivity index (χ3v) is 6.05. The number of imide groups is 1. The lowest BCUT2D eigenvalue weighted by atomic mass is 9.82. The fourth-order valence-corrected chi connectivity index (χ4v) is 4.62. The maximum absolute atomic E-state index is 12.8. The highest BCUT2D eigenvalue weighted by molar-refractivity contribution is 6.22. The maximum atomic E-state index is 12.8. The van der Waals surface area contributed by atoms with Crippen LogP contribution in [0.4, 0.5) is 5.69 Å². The molecule has 0 unspecified atom stereocenters. The van der Waals surface area contributed by atoms with Crippen LogP contribution in [0.2, 0.25) is 0 Å². The monoisotopic (exact) mass is 323 g/mol. The summed E-state index contributed by atoms with van der Waals surface area (Å²) in [6, 6.07) is 8.18. The van der Waals surface area contributed by atoms with Gasteiger partial charge in [0.1, 0.15) is 0 Å². The van der Waals surface area contributed by atoms with Gasteiger partial charge in [0.25, 0.3) is 0 Å². The fraction of sp³-hybridized carbons (Fsp3) is 0.524. The van der Waals surface area contributed by atoms with Crippen LogP contribution in [-0.2, 0) is 9.59 Å². The second-order valence-electron chi connectivity index (χ2n) is 7.64. The first-order valence-corrected chi connectivity index (χ1v) is 9.28. The molecule has 1 aromatic carbocycles. The zero-order valence-electron chi connectivity index (χ0n) is 14.3. The number of benzene rings is 1. The largest absolute Gasteiger partial charge is 0.274 e. The molecule has 1 aromatic rings. The van der Waals surface area contributed by atoms with Crippen LogP contribution in [0.5, 0.6) is 0 Å². The Labute approximate surface area is 143 Å². The summed E-state index contributed by atoms with van der Waals surface area (Å²) in [5, 5.41) is 0. The Morgan fingerprint density at radius 1 is 0.917 bits per heavy atom. The summed E-state index contributed by atoms with van der Waals surface area (Å²) in [6.45, 7) is 2.05. The summed E-state index contributed by atoms with van der Waals surface area (Å²) in [4.78, 5) is 26.9. The standard InChI is InChI=1S/C21H25NO2/c1-14-7-12-18-19(13-14)21(24)22(20(18)23)17-10-8-16(9-11-17)15-5-3-2-4-6-15/h7-11,15,18-19H,2-6,12-13H2,1H3/t18-,19-/m1/s1. The van der Waals surface area contributed by atoms with Gasteiger partial charge in [-0.1, -0.05) is 43.0 Å². The van der Waals surface area contributed by atoms with Crippen molar-refractivity contribution in [3.63, 3.8) is 0 Å². The van der Waals surface area contributed by atoms with E-state index in [-0.39, 0.29) is 23.7 Å². The van der Waals surface area contributed by atoms with Crippen LogP contribution in [0, 0.1) is 11.8 Å². The molecule has 0 spiro atoms. The Kier molecular flexibility index (Phi) is 4.03. The summed E-state index contributed by atoms with van der Waals surface area (Å²) in [5.41, 5.74) is 3.33. The van der Waals surface area contributed by atoms with Gasteiger partial charge in [0.15, 0.2) is 0 Å². The van der Waals surface area contributed by atoms with Crippen LogP contribution in [-0.4, -0.2) is 11.8 Å². The SMILES string of the molecule is CC1=CC[C@H]2C(=O)N(c3ccc(C4CCCCC4)cc3)C(=O)[C@@H]2C1. The Morgan fingerprint density at radius 3 is 2.29 bits per heavy atom. The molecule has 2 amide bonds. The molecule has 0 bridgehead atoms. The first-order valence-electron chi connectivity index (χ1n) is 9.28. The molecule has 1 heterocycles. The second-order valence-corrected chi connectivity index (χ2v) is 7.64.